The number of fused-ring (bicyclic) bond motifs is 1. The minimum Gasteiger partial charge on any atom is -0.569 e. The first-order valence-electron chi connectivity index (χ1n) is 6.19. The Morgan fingerprint density at radius 1 is 1.20 bits per heavy atom. The topological polar surface area (TPSA) is 88.3 Å². The Labute approximate surface area is 114 Å². The second-order valence-corrected chi connectivity index (χ2v) is 4.48. The number of imide groups is 1. The van der Waals surface area contributed by atoms with Crippen LogP contribution in [0.4, 0.5) is 0 Å². The number of hydrogen-bond donors (Lipinski definition) is 0. The van der Waals surface area contributed by atoms with Crippen molar-refractivity contribution in [3.8, 4) is 0 Å². The SMILES string of the molecule is O=C1c2ccccc2C(=O)N1CO/N=[N+](\[O-])N1CCC1. The first kappa shape index (κ1) is 12.4. The molecule has 0 bridgehead atoms. The summed E-state index contributed by atoms with van der Waals surface area (Å²) in [6.45, 7) is 0.881. The summed E-state index contributed by atoms with van der Waals surface area (Å²) in [6, 6.07) is 6.52. The lowest BCUT2D eigenvalue weighted by molar-refractivity contribution is -0.722. The molecule has 0 saturated carbocycles. The number of benzene rings is 1. The molecule has 20 heavy (non-hydrogen) atoms. The minimum atomic E-state index is -0.442. The highest BCUT2D eigenvalue weighted by Crippen LogP contribution is 2.22. The number of hydrazine groups is 1. The van der Waals surface area contributed by atoms with Gasteiger partial charge in [-0.15, -0.1) is 5.01 Å². The van der Waals surface area contributed by atoms with E-state index in [2.05, 4.69) is 5.28 Å². The first-order chi connectivity index (χ1) is 9.68. The third-order valence-corrected chi connectivity index (χ3v) is 3.27. The Hall–Kier alpha value is -2.64. The number of carbonyl (C=O) groups is 2. The first-order valence-corrected chi connectivity index (χ1v) is 6.19. The quantitative estimate of drug-likeness (QED) is 0.350. The number of nitrogens with zero attached hydrogens (tertiary/aromatic N) is 4. The van der Waals surface area contributed by atoms with Gasteiger partial charge in [0.15, 0.2) is 0 Å². The molecule has 0 aromatic heterocycles. The van der Waals surface area contributed by atoms with Crippen LogP contribution in [0, 0.1) is 5.21 Å². The van der Waals surface area contributed by atoms with Gasteiger partial charge in [0.05, 0.1) is 29.2 Å². The summed E-state index contributed by atoms with van der Waals surface area (Å²) < 4.78 is 0. The van der Waals surface area contributed by atoms with Gasteiger partial charge < -0.3 is 10.0 Å². The van der Waals surface area contributed by atoms with Crippen molar-refractivity contribution in [2.45, 2.75) is 6.42 Å². The number of hydrogen-bond acceptors (Lipinski definition) is 5. The summed E-state index contributed by atoms with van der Waals surface area (Å²) in [4.78, 5) is 30.0. The standard InChI is InChI=1S/C12H12N4O4/c17-11-9-4-1-2-5-10(9)12(18)15(11)8-20-13-16(19)14-6-3-7-14/h1-2,4-5H,3,6-8H2/b16-13-. The molecule has 2 heterocycles. The Morgan fingerprint density at radius 3 is 2.30 bits per heavy atom. The number of amides is 2. The molecule has 8 nitrogen and oxygen atoms in total. The number of rotatable bonds is 4. The van der Waals surface area contributed by atoms with Crippen molar-refractivity contribution in [1.29, 1.82) is 0 Å². The van der Waals surface area contributed by atoms with Gasteiger partial charge in [-0.2, -0.15) is 0 Å². The van der Waals surface area contributed by atoms with E-state index in [-0.39, 0.29) is 6.73 Å². The fraction of sp³-hybridized carbons (Fsp3) is 0.333. The molecule has 0 atom stereocenters. The zero-order valence-electron chi connectivity index (χ0n) is 10.6. The van der Waals surface area contributed by atoms with Crippen LogP contribution < -0.4 is 0 Å². The molecule has 8 heteroatoms. The van der Waals surface area contributed by atoms with Crippen molar-refractivity contribution >= 4 is 11.8 Å². The van der Waals surface area contributed by atoms with E-state index in [1.807, 2.05) is 0 Å². The average Bonchev–Trinajstić information content (AvgIpc) is 2.62. The molecule has 0 N–H and O–H groups in total. The molecular weight excluding hydrogens is 264 g/mol. The van der Waals surface area contributed by atoms with Gasteiger partial charge in [0.1, 0.15) is 0 Å². The van der Waals surface area contributed by atoms with Gasteiger partial charge in [0.2, 0.25) is 12.0 Å². The van der Waals surface area contributed by atoms with Crippen LogP contribution in [-0.4, -0.2) is 46.5 Å². The fourth-order valence-electron chi connectivity index (χ4n) is 2.01. The summed E-state index contributed by atoms with van der Waals surface area (Å²) in [6.07, 6.45) is 0.937. The normalized spacial score (nSPS) is 18.1. The second-order valence-electron chi connectivity index (χ2n) is 4.48. The molecule has 1 saturated heterocycles. The van der Waals surface area contributed by atoms with Crippen molar-refractivity contribution in [2.24, 2.45) is 5.28 Å². The lowest BCUT2D eigenvalue weighted by Crippen LogP contribution is -2.42. The van der Waals surface area contributed by atoms with Crippen LogP contribution in [0.1, 0.15) is 27.1 Å². The van der Waals surface area contributed by atoms with Gasteiger partial charge in [0.25, 0.3) is 11.8 Å². The van der Waals surface area contributed by atoms with Gasteiger partial charge in [-0.1, -0.05) is 12.1 Å². The van der Waals surface area contributed by atoms with Crippen LogP contribution in [0.2, 0.25) is 0 Å². The fourth-order valence-corrected chi connectivity index (χ4v) is 2.01. The van der Waals surface area contributed by atoms with Crippen molar-refractivity contribution in [3.63, 3.8) is 0 Å². The molecular formula is C12H12N4O4. The molecule has 0 unspecified atom stereocenters. The molecule has 0 radical (unpaired) electrons. The highest BCUT2D eigenvalue weighted by Gasteiger charge is 2.35. The second kappa shape index (κ2) is 4.80. The van der Waals surface area contributed by atoms with E-state index < -0.39 is 11.8 Å². The Bertz CT molecular complexity index is 562. The largest absolute Gasteiger partial charge is 0.569 e. The van der Waals surface area contributed by atoms with Crippen molar-refractivity contribution in [2.75, 3.05) is 19.8 Å². The molecule has 2 aliphatic rings. The van der Waals surface area contributed by atoms with E-state index in [4.69, 9.17) is 4.84 Å². The lowest BCUT2D eigenvalue weighted by atomic mass is 10.1. The predicted octanol–water partition coefficient (Wildman–Crippen LogP) is 0.755. The molecule has 0 aliphatic carbocycles. The summed E-state index contributed by atoms with van der Waals surface area (Å²) in [5.41, 5.74) is 0.672. The van der Waals surface area contributed by atoms with E-state index >= 15 is 0 Å². The van der Waals surface area contributed by atoms with Gasteiger partial charge in [-0.25, -0.2) is 4.90 Å². The van der Waals surface area contributed by atoms with Gasteiger partial charge >= 0.3 is 0 Å². The van der Waals surface area contributed by atoms with E-state index in [9.17, 15) is 14.8 Å². The lowest BCUT2D eigenvalue weighted by Gasteiger charge is -2.24. The van der Waals surface area contributed by atoms with E-state index in [0.717, 1.165) is 11.3 Å². The minimum absolute atomic E-state index is 0.335. The van der Waals surface area contributed by atoms with Gasteiger partial charge in [0, 0.05) is 0 Å². The van der Waals surface area contributed by atoms with Crippen LogP contribution in [0.5, 0.6) is 0 Å². The molecule has 0 spiro atoms. The summed E-state index contributed by atoms with van der Waals surface area (Å²) in [5, 5.41) is 16.1. The van der Waals surface area contributed by atoms with E-state index in [0.29, 0.717) is 29.2 Å². The molecule has 1 fully saturated rings. The predicted molar refractivity (Wildman–Crippen MR) is 65.1 cm³/mol. The molecule has 2 aliphatic heterocycles. The van der Waals surface area contributed by atoms with E-state index in [1.165, 1.54) is 5.01 Å². The van der Waals surface area contributed by atoms with Crippen molar-refractivity contribution < 1.29 is 19.4 Å². The highest BCUT2D eigenvalue weighted by atomic mass is 16.7. The maximum Gasteiger partial charge on any atom is 0.264 e. The Balaban J connectivity index is 1.65. The Kier molecular flexibility index (Phi) is 2.97. The molecule has 3 rings (SSSR count). The van der Waals surface area contributed by atoms with Gasteiger partial charge in [-0.3, -0.25) is 9.59 Å². The molecule has 104 valence electrons. The Morgan fingerprint density at radius 2 is 1.80 bits per heavy atom. The van der Waals surface area contributed by atoms with Crippen molar-refractivity contribution in [1.82, 2.24) is 9.91 Å². The van der Waals surface area contributed by atoms with Crippen LogP contribution in [0.15, 0.2) is 29.5 Å². The zero-order valence-corrected chi connectivity index (χ0v) is 10.6. The number of carbonyl (C=O) groups excluding carboxylic acids is 2. The van der Waals surface area contributed by atoms with Crippen LogP contribution in [-0.2, 0) is 4.84 Å². The monoisotopic (exact) mass is 276 g/mol. The zero-order chi connectivity index (χ0) is 14.1. The van der Waals surface area contributed by atoms with Crippen molar-refractivity contribution in [3.05, 3.63) is 40.6 Å². The summed E-state index contributed by atoms with van der Waals surface area (Å²) >= 11 is 0. The third-order valence-electron chi connectivity index (χ3n) is 3.27. The van der Waals surface area contributed by atoms with Crippen LogP contribution in [0.3, 0.4) is 0 Å². The molecule has 2 amide bonds. The highest BCUT2D eigenvalue weighted by molar-refractivity contribution is 6.21. The maximum atomic E-state index is 12.0. The smallest absolute Gasteiger partial charge is 0.264 e. The van der Waals surface area contributed by atoms with E-state index in [1.54, 1.807) is 24.3 Å². The molecule has 1 aromatic rings. The summed E-state index contributed by atoms with van der Waals surface area (Å²) in [5.74, 6) is -0.885. The summed E-state index contributed by atoms with van der Waals surface area (Å²) in [7, 11) is 0. The van der Waals surface area contributed by atoms with Crippen LogP contribution in [0.25, 0.3) is 0 Å². The third kappa shape index (κ3) is 1.94. The molecule has 1 aromatic carbocycles. The maximum absolute atomic E-state index is 12.0. The van der Waals surface area contributed by atoms with Gasteiger partial charge in [-0.05, 0) is 18.6 Å². The average molecular weight is 276 g/mol. The van der Waals surface area contributed by atoms with Crippen LogP contribution >= 0.6 is 0 Å².